The number of hydrogen-bond acceptors (Lipinski definition) is 3. The van der Waals surface area contributed by atoms with Crippen molar-refractivity contribution >= 4 is 28.7 Å². The highest BCUT2D eigenvalue weighted by atomic mass is 32.1. The fraction of sp³-hybridized carbons (Fsp3) is 0.267. The molecule has 0 aliphatic carbocycles. The summed E-state index contributed by atoms with van der Waals surface area (Å²) in [7, 11) is 1.83. The Kier molecular flexibility index (Phi) is 4.77. The molecule has 2 aromatic rings. The maximum atomic E-state index is 12.6. The van der Waals surface area contributed by atoms with Gasteiger partial charge in [-0.25, -0.2) is 4.68 Å². The molecule has 0 spiro atoms. The summed E-state index contributed by atoms with van der Waals surface area (Å²) in [6.45, 7) is 5.57. The molecular weight excluding hydrogens is 298 g/mol. The van der Waals surface area contributed by atoms with Crippen LogP contribution in [-0.4, -0.2) is 20.2 Å². The van der Waals surface area contributed by atoms with E-state index in [1.54, 1.807) is 9.36 Å². The summed E-state index contributed by atoms with van der Waals surface area (Å²) in [4.78, 5) is 12.6. The average molecular weight is 317 g/mol. The number of benzene rings is 1. The van der Waals surface area contributed by atoms with Crippen LogP contribution in [0.5, 0.6) is 0 Å². The molecule has 0 atom stereocenters. The van der Waals surface area contributed by atoms with Crippen molar-refractivity contribution in [3.8, 4) is 5.69 Å². The molecule has 1 aromatic carbocycles. The monoisotopic (exact) mass is 317 g/mol. The summed E-state index contributed by atoms with van der Waals surface area (Å²) in [5.74, 6) is 0. The highest BCUT2D eigenvalue weighted by Gasteiger charge is 2.16. The zero-order chi connectivity index (χ0) is 16.3. The van der Waals surface area contributed by atoms with Gasteiger partial charge in [0.15, 0.2) is 5.11 Å². The minimum Gasteiger partial charge on any atom is -0.325 e. The molecule has 0 aliphatic heterocycles. The van der Waals surface area contributed by atoms with Gasteiger partial charge in [-0.15, -0.1) is 0 Å². The summed E-state index contributed by atoms with van der Waals surface area (Å²) in [6.07, 6.45) is 0. The minimum atomic E-state index is -0.160. The SMILES string of the molecule is CC(C)=NNC(=S)Nc1c(C)n(C)n(-c2ccccc2)c1=O. The van der Waals surface area contributed by atoms with Crippen molar-refractivity contribution in [2.45, 2.75) is 20.8 Å². The van der Waals surface area contributed by atoms with Crippen LogP contribution >= 0.6 is 12.2 Å². The van der Waals surface area contributed by atoms with Crippen LogP contribution in [0.25, 0.3) is 5.69 Å². The van der Waals surface area contributed by atoms with Gasteiger partial charge in [-0.2, -0.15) is 5.10 Å². The van der Waals surface area contributed by atoms with Gasteiger partial charge in [-0.1, -0.05) is 18.2 Å². The first-order chi connectivity index (χ1) is 10.4. The number of thiocarbonyl (C=S) groups is 1. The lowest BCUT2D eigenvalue weighted by Gasteiger charge is -2.07. The Morgan fingerprint density at radius 1 is 1.23 bits per heavy atom. The smallest absolute Gasteiger partial charge is 0.295 e. The van der Waals surface area contributed by atoms with E-state index in [1.165, 1.54) is 0 Å². The van der Waals surface area contributed by atoms with Gasteiger partial charge in [0.1, 0.15) is 5.69 Å². The lowest BCUT2D eigenvalue weighted by Crippen LogP contribution is -2.28. The van der Waals surface area contributed by atoms with Gasteiger partial charge in [0, 0.05) is 12.8 Å². The lowest BCUT2D eigenvalue weighted by atomic mass is 10.3. The fourth-order valence-electron chi connectivity index (χ4n) is 2.02. The quantitative estimate of drug-likeness (QED) is 0.517. The highest BCUT2D eigenvalue weighted by molar-refractivity contribution is 7.80. The Morgan fingerprint density at radius 2 is 1.86 bits per heavy atom. The largest absolute Gasteiger partial charge is 0.325 e. The number of hydrogen-bond donors (Lipinski definition) is 2. The normalized spacial score (nSPS) is 10.2. The third-order valence-corrected chi connectivity index (χ3v) is 3.37. The maximum Gasteiger partial charge on any atom is 0.295 e. The number of rotatable bonds is 3. The van der Waals surface area contributed by atoms with Crippen molar-refractivity contribution in [3.05, 3.63) is 46.4 Å². The van der Waals surface area contributed by atoms with E-state index >= 15 is 0 Å². The number of anilines is 1. The first kappa shape index (κ1) is 16.0. The molecule has 0 fully saturated rings. The second kappa shape index (κ2) is 6.57. The van der Waals surface area contributed by atoms with E-state index in [1.807, 2.05) is 58.2 Å². The van der Waals surface area contributed by atoms with Crippen molar-refractivity contribution in [2.75, 3.05) is 5.32 Å². The van der Waals surface area contributed by atoms with Gasteiger partial charge in [-0.05, 0) is 45.1 Å². The van der Waals surface area contributed by atoms with Crippen LogP contribution in [0.1, 0.15) is 19.5 Å². The van der Waals surface area contributed by atoms with E-state index in [-0.39, 0.29) is 10.7 Å². The molecule has 0 radical (unpaired) electrons. The molecule has 0 unspecified atom stereocenters. The average Bonchev–Trinajstić information content (AvgIpc) is 2.70. The van der Waals surface area contributed by atoms with Crippen LogP contribution in [0.4, 0.5) is 5.69 Å². The minimum absolute atomic E-state index is 0.160. The van der Waals surface area contributed by atoms with Gasteiger partial charge < -0.3 is 5.32 Å². The van der Waals surface area contributed by atoms with Crippen molar-refractivity contribution in [1.82, 2.24) is 14.8 Å². The zero-order valence-corrected chi connectivity index (χ0v) is 13.9. The van der Waals surface area contributed by atoms with Crippen LogP contribution in [0.3, 0.4) is 0 Å². The molecule has 1 aromatic heterocycles. The summed E-state index contributed by atoms with van der Waals surface area (Å²) >= 11 is 5.16. The molecule has 2 rings (SSSR count). The van der Waals surface area contributed by atoms with Crippen LogP contribution in [0.15, 0.2) is 40.2 Å². The van der Waals surface area contributed by atoms with Crippen molar-refractivity contribution in [3.63, 3.8) is 0 Å². The van der Waals surface area contributed by atoms with Gasteiger partial charge in [0.25, 0.3) is 5.56 Å². The molecule has 0 saturated heterocycles. The molecule has 2 N–H and O–H groups in total. The van der Waals surface area contributed by atoms with Gasteiger partial charge >= 0.3 is 0 Å². The maximum absolute atomic E-state index is 12.6. The standard InChI is InChI=1S/C15H19N5OS/c1-10(2)17-18-15(22)16-13-11(3)19(4)20(14(13)21)12-8-6-5-7-9-12/h5-9H,1-4H3,(H2,16,18,22). The lowest BCUT2D eigenvalue weighted by molar-refractivity contribution is 0.630. The number of hydrazone groups is 1. The Bertz CT molecular complexity index is 769. The molecule has 0 aliphatic rings. The summed E-state index contributed by atoms with van der Waals surface area (Å²) in [6, 6.07) is 9.45. The van der Waals surface area contributed by atoms with Crippen LogP contribution in [0, 0.1) is 6.92 Å². The number of nitrogens with one attached hydrogen (secondary N) is 2. The van der Waals surface area contributed by atoms with Gasteiger partial charge in [0.05, 0.1) is 11.4 Å². The Labute approximate surface area is 134 Å². The summed E-state index contributed by atoms with van der Waals surface area (Å²) in [5.41, 5.74) is 5.41. The first-order valence-corrected chi connectivity index (χ1v) is 7.24. The van der Waals surface area contributed by atoms with E-state index in [4.69, 9.17) is 12.2 Å². The van der Waals surface area contributed by atoms with Crippen LogP contribution in [0.2, 0.25) is 0 Å². The molecule has 1 heterocycles. The highest BCUT2D eigenvalue weighted by Crippen LogP contribution is 2.13. The molecule has 22 heavy (non-hydrogen) atoms. The molecular formula is C15H19N5OS. The third-order valence-electron chi connectivity index (χ3n) is 3.17. The Hall–Kier alpha value is -2.41. The van der Waals surface area contributed by atoms with Gasteiger partial charge in [0.2, 0.25) is 0 Å². The van der Waals surface area contributed by atoms with E-state index in [2.05, 4.69) is 15.8 Å². The molecule has 0 amide bonds. The predicted molar refractivity (Wildman–Crippen MR) is 93.9 cm³/mol. The van der Waals surface area contributed by atoms with Crippen molar-refractivity contribution < 1.29 is 0 Å². The van der Waals surface area contributed by atoms with E-state index in [0.717, 1.165) is 17.1 Å². The van der Waals surface area contributed by atoms with Crippen molar-refractivity contribution in [2.24, 2.45) is 12.1 Å². The zero-order valence-electron chi connectivity index (χ0n) is 13.0. The van der Waals surface area contributed by atoms with Crippen LogP contribution in [-0.2, 0) is 7.05 Å². The molecule has 6 nitrogen and oxygen atoms in total. The first-order valence-electron chi connectivity index (χ1n) is 6.83. The molecule has 7 heteroatoms. The topological polar surface area (TPSA) is 63.4 Å². The van der Waals surface area contributed by atoms with Crippen molar-refractivity contribution in [1.29, 1.82) is 0 Å². The molecule has 116 valence electrons. The number of aromatic nitrogens is 2. The van der Waals surface area contributed by atoms with E-state index in [9.17, 15) is 4.79 Å². The Morgan fingerprint density at radius 3 is 2.45 bits per heavy atom. The third kappa shape index (κ3) is 3.25. The predicted octanol–water partition coefficient (Wildman–Crippen LogP) is 2.17. The Balaban J connectivity index is 2.37. The molecule has 0 bridgehead atoms. The van der Waals surface area contributed by atoms with Gasteiger partial charge in [-0.3, -0.25) is 14.9 Å². The second-order valence-corrected chi connectivity index (χ2v) is 5.47. The van der Waals surface area contributed by atoms with E-state index in [0.29, 0.717) is 5.69 Å². The van der Waals surface area contributed by atoms with Crippen LogP contribution < -0.4 is 16.3 Å². The number of nitrogens with zero attached hydrogens (tertiary/aromatic N) is 3. The fourth-order valence-corrected chi connectivity index (χ4v) is 2.16. The summed E-state index contributed by atoms with van der Waals surface area (Å²) < 4.78 is 3.38. The molecule has 0 saturated carbocycles. The summed E-state index contributed by atoms with van der Waals surface area (Å²) in [5, 5.41) is 7.22. The number of para-hydroxylation sites is 1. The second-order valence-electron chi connectivity index (χ2n) is 5.06. The van der Waals surface area contributed by atoms with E-state index < -0.39 is 0 Å².